The maximum atomic E-state index is 11.7. The summed E-state index contributed by atoms with van der Waals surface area (Å²) in [5, 5.41) is 10.2. The lowest BCUT2D eigenvalue weighted by molar-refractivity contribution is -0.171. The summed E-state index contributed by atoms with van der Waals surface area (Å²) in [5.41, 5.74) is -0.0479. The smallest absolute Gasteiger partial charge is 0.360 e. The van der Waals surface area contributed by atoms with Crippen molar-refractivity contribution in [3.63, 3.8) is 0 Å². The third kappa shape index (κ3) is 3.57. The van der Waals surface area contributed by atoms with Crippen molar-refractivity contribution in [3.05, 3.63) is 12.0 Å². The van der Waals surface area contributed by atoms with Crippen LogP contribution in [0, 0.1) is 0 Å². The van der Waals surface area contributed by atoms with Gasteiger partial charge in [0.2, 0.25) is 0 Å². The maximum absolute atomic E-state index is 11.7. The van der Waals surface area contributed by atoms with Crippen LogP contribution in [-0.4, -0.2) is 53.6 Å². The van der Waals surface area contributed by atoms with E-state index < -0.39 is 5.97 Å². The zero-order valence-corrected chi connectivity index (χ0v) is 14.4. The molecule has 7 nitrogen and oxygen atoms in total. The van der Waals surface area contributed by atoms with Gasteiger partial charge >= 0.3 is 5.97 Å². The normalized spacial score (nSPS) is 26.5. The number of rotatable bonds is 4. The van der Waals surface area contributed by atoms with E-state index in [9.17, 15) is 9.90 Å². The van der Waals surface area contributed by atoms with Gasteiger partial charge in [-0.2, -0.15) is 4.98 Å². The molecule has 2 saturated heterocycles. The zero-order valence-electron chi connectivity index (χ0n) is 14.4. The fourth-order valence-electron chi connectivity index (χ4n) is 3.65. The molecule has 1 spiro atoms. The first kappa shape index (κ1) is 17.2. The molecule has 3 heterocycles. The molecule has 2 aliphatic heterocycles. The summed E-state index contributed by atoms with van der Waals surface area (Å²) in [6, 6.07) is 0.441. The fraction of sp³-hybridized carbons (Fsp3) is 0.765. The average Bonchev–Trinajstić information content (AvgIpc) is 3.05. The van der Waals surface area contributed by atoms with E-state index in [1.165, 1.54) is 6.26 Å². The number of anilines is 1. The Labute approximate surface area is 141 Å². The minimum atomic E-state index is -0.467. The second-order valence-electron chi connectivity index (χ2n) is 6.65. The predicted molar refractivity (Wildman–Crippen MR) is 87.0 cm³/mol. The Hall–Kier alpha value is -1.60. The van der Waals surface area contributed by atoms with Gasteiger partial charge in [0.1, 0.15) is 6.26 Å². The average molecular weight is 338 g/mol. The molecule has 2 fully saturated rings. The van der Waals surface area contributed by atoms with Crippen molar-refractivity contribution in [2.45, 2.75) is 63.8 Å². The van der Waals surface area contributed by atoms with Crippen LogP contribution < -0.4 is 4.90 Å². The Morgan fingerprint density at radius 3 is 2.88 bits per heavy atom. The lowest BCUT2D eigenvalue weighted by atomic mass is 9.81. The molecule has 1 N–H and O–H groups in total. The third-order valence-electron chi connectivity index (χ3n) is 4.94. The Morgan fingerprint density at radius 1 is 1.46 bits per heavy atom. The number of carbonyl (C=O) groups excluding carboxylic acids is 1. The van der Waals surface area contributed by atoms with Gasteiger partial charge in [0, 0.05) is 19.5 Å². The van der Waals surface area contributed by atoms with Crippen molar-refractivity contribution in [1.82, 2.24) is 4.98 Å². The summed E-state index contributed by atoms with van der Waals surface area (Å²) < 4.78 is 16.6. The first-order valence-corrected chi connectivity index (χ1v) is 8.78. The van der Waals surface area contributed by atoms with Gasteiger partial charge in [0.15, 0.2) is 5.69 Å². The van der Waals surface area contributed by atoms with Crippen molar-refractivity contribution >= 4 is 12.0 Å². The molecular formula is C17H26N2O5. The molecule has 0 radical (unpaired) electrons. The van der Waals surface area contributed by atoms with Crippen LogP contribution in [0.5, 0.6) is 0 Å². The van der Waals surface area contributed by atoms with Crippen LogP contribution in [0.25, 0.3) is 0 Å². The van der Waals surface area contributed by atoms with Crippen LogP contribution in [0.1, 0.15) is 56.4 Å². The number of hydrogen-bond acceptors (Lipinski definition) is 7. The van der Waals surface area contributed by atoms with Crippen LogP contribution >= 0.6 is 0 Å². The summed E-state index contributed by atoms with van der Waals surface area (Å²) in [6.07, 6.45) is 5.17. The number of aromatic nitrogens is 1. The third-order valence-corrected chi connectivity index (χ3v) is 4.94. The Kier molecular flexibility index (Phi) is 5.10. The molecule has 0 unspecified atom stereocenters. The molecule has 0 bridgehead atoms. The second kappa shape index (κ2) is 7.11. The Balaban J connectivity index is 1.62. The van der Waals surface area contributed by atoms with Crippen molar-refractivity contribution in [1.29, 1.82) is 0 Å². The van der Waals surface area contributed by atoms with Crippen LogP contribution in [0.15, 0.2) is 10.7 Å². The van der Waals surface area contributed by atoms with Crippen molar-refractivity contribution in [2.24, 2.45) is 0 Å². The minimum Gasteiger partial charge on any atom is -0.461 e. The molecule has 1 aromatic rings. The number of esters is 1. The summed E-state index contributed by atoms with van der Waals surface area (Å²) in [6.45, 7) is 5.61. The quantitative estimate of drug-likeness (QED) is 0.842. The minimum absolute atomic E-state index is 0.137. The van der Waals surface area contributed by atoms with Crippen LogP contribution in [0.3, 0.4) is 0 Å². The summed E-state index contributed by atoms with van der Waals surface area (Å²) in [7, 11) is 0. The lowest BCUT2D eigenvalue weighted by Gasteiger charge is -2.47. The van der Waals surface area contributed by atoms with Crippen LogP contribution in [0.2, 0.25) is 0 Å². The van der Waals surface area contributed by atoms with Gasteiger partial charge in [-0.05, 0) is 32.6 Å². The second-order valence-corrected chi connectivity index (χ2v) is 6.65. The molecular weight excluding hydrogens is 312 g/mol. The molecule has 7 heteroatoms. The molecule has 0 aromatic carbocycles. The molecule has 0 saturated carbocycles. The molecule has 2 atom stereocenters. The first-order chi connectivity index (χ1) is 11.5. The molecule has 24 heavy (non-hydrogen) atoms. The number of ether oxygens (including phenoxy) is 2. The van der Waals surface area contributed by atoms with E-state index in [-0.39, 0.29) is 23.5 Å². The molecule has 0 amide bonds. The molecule has 0 aliphatic carbocycles. The van der Waals surface area contributed by atoms with Crippen molar-refractivity contribution < 1.29 is 23.8 Å². The van der Waals surface area contributed by atoms with Gasteiger partial charge < -0.3 is 23.9 Å². The SMILES string of the molecule is CCOC(=O)c1coc(N2CCC3(CC2)C[C@H](O)C[C@H](CC)O3)n1. The largest absolute Gasteiger partial charge is 0.461 e. The Morgan fingerprint density at radius 2 is 2.21 bits per heavy atom. The lowest BCUT2D eigenvalue weighted by Crippen LogP contribution is -2.52. The number of hydrogen-bond donors (Lipinski definition) is 1. The van der Waals surface area contributed by atoms with Gasteiger partial charge in [0.05, 0.1) is 24.4 Å². The van der Waals surface area contributed by atoms with E-state index in [2.05, 4.69) is 11.9 Å². The number of aliphatic hydroxyl groups is 1. The summed E-state index contributed by atoms with van der Waals surface area (Å²) in [4.78, 5) is 17.9. The number of aliphatic hydroxyl groups excluding tert-OH is 1. The highest BCUT2D eigenvalue weighted by molar-refractivity contribution is 5.87. The highest BCUT2D eigenvalue weighted by atomic mass is 16.5. The topological polar surface area (TPSA) is 85.0 Å². The van der Waals surface area contributed by atoms with Gasteiger partial charge in [-0.3, -0.25) is 0 Å². The molecule has 3 rings (SSSR count). The van der Waals surface area contributed by atoms with E-state index in [0.717, 1.165) is 38.8 Å². The zero-order chi connectivity index (χ0) is 17.2. The standard InChI is InChI=1S/C17H26N2O5/c1-3-13-9-12(20)10-17(24-13)5-7-19(8-6-17)16-18-14(11-23-16)15(21)22-4-2/h11-13,20H,3-10H2,1-2H3/t12-,13+/m1/s1. The Bertz CT molecular complexity index is 565. The summed E-state index contributed by atoms with van der Waals surface area (Å²) >= 11 is 0. The number of nitrogens with zero attached hydrogens (tertiary/aromatic N) is 2. The number of piperidine rings is 1. The molecule has 1 aromatic heterocycles. The van der Waals surface area contributed by atoms with Crippen molar-refractivity contribution in [2.75, 3.05) is 24.6 Å². The van der Waals surface area contributed by atoms with Gasteiger partial charge in [-0.15, -0.1) is 0 Å². The van der Waals surface area contributed by atoms with E-state index in [0.29, 0.717) is 19.0 Å². The molecule has 2 aliphatic rings. The van der Waals surface area contributed by atoms with Crippen LogP contribution in [0.4, 0.5) is 6.01 Å². The van der Waals surface area contributed by atoms with E-state index >= 15 is 0 Å². The van der Waals surface area contributed by atoms with E-state index in [1.54, 1.807) is 6.92 Å². The van der Waals surface area contributed by atoms with Crippen LogP contribution in [-0.2, 0) is 9.47 Å². The molecule has 134 valence electrons. The summed E-state index contributed by atoms with van der Waals surface area (Å²) in [5.74, 6) is -0.467. The number of carbonyl (C=O) groups is 1. The van der Waals surface area contributed by atoms with E-state index in [4.69, 9.17) is 13.9 Å². The first-order valence-electron chi connectivity index (χ1n) is 8.78. The predicted octanol–water partition coefficient (Wildman–Crippen LogP) is 2.14. The highest BCUT2D eigenvalue weighted by Gasteiger charge is 2.43. The number of oxazole rings is 1. The van der Waals surface area contributed by atoms with Gasteiger partial charge in [-0.25, -0.2) is 4.79 Å². The van der Waals surface area contributed by atoms with Gasteiger partial charge in [-0.1, -0.05) is 6.92 Å². The fourth-order valence-corrected chi connectivity index (χ4v) is 3.65. The van der Waals surface area contributed by atoms with Gasteiger partial charge in [0.25, 0.3) is 6.01 Å². The van der Waals surface area contributed by atoms with E-state index in [1.807, 2.05) is 4.90 Å². The highest BCUT2D eigenvalue weighted by Crippen LogP contribution is 2.39. The van der Waals surface area contributed by atoms with Crippen molar-refractivity contribution in [3.8, 4) is 0 Å². The maximum Gasteiger partial charge on any atom is 0.360 e. The monoisotopic (exact) mass is 338 g/mol.